The van der Waals surface area contributed by atoms with Crippen molar-refractivity contribution < 1.29 is 9.90 Å². The van der Waals surface area contributed by atoms with Crippen molar-refractivity contribution in [1.29, 1.82) is 0 Å². The number of piperidine rings is 2. The quantitative estimate of drug-likeness (QED) is 0.849. The predicted molar refractivity (Wildman–Crippen MR) is 112 cm³/mol. The summed E-state index contributed by atoms with van der Waals surface area (Å²) in [6.07, 6.45) is 4.98. The van der Waals surface area contributed by atoms with E-state index in [0.717, 1.165) is 56.1 Å². The van der Waals surface area contributed by atoms with Gasteiger partial charge in [-0.3, -0.25) is 4.79 Å². The first-order valence-corrected chi connectivity index (χ1v) is 10.4. The van der Waals surface area contributed by atoms with E-state index in [4.69, 9.17) is 0 Å². The molecule has 0 aromatic heterocycles. The number of anilines is 1. The van der Waals surface area contributed by atoms with Crippen molar-refractivity contribution in [3.63, 3.8) is 0 Å². The number of hydrogen-bond acceptors (Lipinski definition) is 3. The Kier molecular flexibility index (Phi) is 6.25. The zero-order valence-corrected chi connectivity index (χ0v) is 16.9. The summed E-state index contributed by atoms with van der Waals surface area (Å²) in [5, 5.41) is 11.0. The second kappa shape index (κ2) is 8.47. The molecule has 2 aliphatic rings. The molecule has 0 bridgehead atoms. The fourth-order valence-electron chi connectivity index (χ4n) is 4.30. The van der Waals surface area contributed by atoms with Gasteiger partial charge >= 0.3 is 0 Å². The lowest BCUT2D eigenvalue weighted by atomic mass is 9.86. The summed E-state index contributed by atoms with van der Waals surface area (Å²) in [4.78, 5) is 16.9. The lowest BCUT2D eigenvalue weighted by Crippen LogP contribution is -2.48. The minimum Gasteiger partial charge on any atom is -0.389 e. The highest BCUT2D eigenvalue weighted by atomic mass is 16.3. The van der Waals surface area contributed by atoms with Gasteiger partial charge in [0.1, 0.15) is 0 Å². The van der Waals surface area contributed by atoms with Gasteiger partial charge in [-0.2, -0.15) is 0 Å². The molecule has 27 heavy (non-hydrogen) atoms. The number of likely N-dealkylation sites (tertiary alicyclic amines) is 1. The Hall–Kier alpha value is -1.81. The smallest absolute Gasteiger partial charge is 0.225 e. The highest BCUT2D eigenvalue weighted by Crippen LogP contribution is 2.31. The number of carbonyl (C=O) groups excluding carboxylic acids is 1. The summed E-state index contributed by atoms with van der Waals surface area (Å²) in [6, 6.07) is 8.44. The maximum atomic E-state index is 12.7. The molecule has 148 valence electrons. The van der Waals surface area contributed by atoms with Crippen molar-refractivity contribution in [2.75, 3.05) is 31.1 Å². The van der Waals surface area contributed by atoms with Crippen LogP contribution in [0.1, 0.15) is 57.9 Å². The third-order valence-corrected chi connectivity index (χ3v) is 6.44. The van der Waals surface area contributed by atoms with Crippen molar-refractivity contribution in [3.8, 4) is 0 Å². The molecule has 2 aliphatic heterocycles. The van der Waals surface area contributed by atoms with Crippen LogP contribution in [0.3, 0.4) is 0 Å². The van der Waals surface area contributed by atoms with E-state index in [1.807, 2.05) is 11.8 Å². The van der Waals surface area contributed by atoms with Crippen LogP contribution >= 0.6 is 0 Å². The van der Waals surface area contributed by atoms with Gasteiger partial charge in [0.05, 0.1) is 12.0 Å². The Balaban J connectivity index is 1.51. The molecular formula is C23H34N2O2. The van der Waals surface area contributed by atoms with Gasteiger partial charge < -0.3 is 14.9 Å². The van der Waals surface area contributed by atoms with Crippen LogP contribution in [0.25, 0.3) is 5.57 Å². The van der Waals surface area contributed by atoms with Crippen LogP contribution in [0.15, 0.2) is 30.8 Å². The van der Waals surface area contributed by atoms with E-state index >= 15 is 0 Å². The predicted octanol–water partition coefficient (Wildman–Crippen LogP) is 4.09. The third kappa shape index (κ3) is 4.92. The molecule has 0 spiro atoms. The van der Waals surface area contributed by atoms with Crippen LogP contribution in [0.2, 0.25) is 0 Å². The molecule has 0 unspecified atom stereocenters. The highest BCUT2D eigenvalue weighted by molar-refractivity contribution is 5.77. The Morgan fingerprint density at radius 1 is 1.15 bits per heavy atom. The first-order chi connectivity index (χ1) is 12.9. The van der Waals surface area contributed by atoms with E-state index in [-0.39, 0.29) is 12.3 Å². The van der Waals surface area contributed by atoms with Crippen LogP contribution in [0, 0.1) is 5.92 Å². The Labute approximate surface area is 163 Å². The number of allylic oxidation sites excluding steroid dienone is 1. The third-order valence-electron chi connectivity index (χ3n) is 6.44. The molecule has 4 nitrogen and oxygen atoms in total. The first-order valence-electron chi connectivity index (χ1n) is 10.4. The minimum atomic E-state index is -0.854. The average molecular weight is 371 g/mol. The van der Waals surface area contributed by atoms with E-state index in [9.17, 15) is 9.90 Å². The molecule has 0 aliphatic carbocycles. The first kappa shape index (κ1) is 19.9. The molecule has 0 radical (unpaired) electrons. The molecule has 1 aromatic rings. The molecule has 2 fully saturated rings. The summed E-state index contributed by atoms with van der Waals surface area (Å²) in [5.41, 5.74) is 2.54. The zero-order chi connectivity index (χ0) is 19.4. The largest absolute Gasteiger partial charge is 0.389 e. The van der Waals surface area contributed by atoms with Crippen molar-refractivity contribution in [2.45, 2.75) is 58.0 Å². The van der Waals surface area contributed by atoms with Gasteiger partial charge in [0.2, 0.25) is 5.91 Å². The molecule has 2 saturated heterocycles. The van der Waals surface area contributed by atoms with Gasteiger partial charge in [0, 0.05) is 31.9 Å². The lowest BCUT2D eigenvalue weighted by Gasteiger charge is -2.40. The van der Waals surface area contributed by atoms with Crippen molar-refractivity contribution in [3.05, 3.63) is 36.4 Å². The van der Waals surface area contributed by atoms with Crippen LogP contribution in [0.5, 0.6) is 0 Å². The fraction of sp³-hybridized carbons (Fsp3) is 0.609. The van der Waals surface area contributed by atoms with Gasteiger partial charge in [-0.15, -0.1) is 0 Å². The molecule has 0 saturated carbocycles. The molecular weight excluding hydrogens is 336 g/mol. The molecule has 1 N–H and O–H groups in total. The molecule has 4 heteroatoms. The van der Waals surface area contributed by atoms with E-state index < -0.39 is 5.60 Å². The van der Waals surface area contributed by atoms with Crippen LogP contribution in [-0.2, 0) is 4.79 Å². The fourth-order valence-corrected chi connectivity index (χ4v) is 4.30. The molecule has 3 rings (SSSR count). The van der Waals surface area contributed by atoms with Gasteiger partial charge in [-0.25, -0.2) is 0 Å². The second-order valence-corrected chi connectivity index (χ2v) is 8.45. The topological polar surface area (TPSA) is 43.8 Å². The maximum absolute atomic E-state index is 12.7. The number of aliphatic hydroxyl groups is 1. The summed E-state index contributed by atoms with van der Waals surface area (Å²) in [7, 11) is 0. The van der Waals surface area contributed by atoms with Crippen molar-refractivity contribution in [2.24, 2.45) is 5.92 Å². The van der Waals surface area contributed by atoms with E-state index in [1.54, 1.807) is 0 Å². The molecule has 1 amide bonds. The Bertz CT molecular complexity index is 651. The minimum absolute atomic E-state index is 0.131. The summed E-state index contributed by atoms with van der Waals surface area (Å²) < 4.78 is 0. The van der Waals surface area contributed by atoms with Gasteiger partial charge in [-0.05, 0) is 56.2 Å². The highest BCUT2D eigenvalue weighted by Gasteiger charge is 2.36. The number of hydrogen-bond donors (Lipinski definition) is 1. The normalized spacial score (nSPS) is 20.6. The molecule has 1 aromatic carbocycles. The number of amides is 1. The van der Waals surface area contributed by atoms with E-state index in [1.165, 1.54) is 12.1 Å². The molecule has 0 atom stereocenters. The monoisotopic (exact) mass is 370 g/mol. The van der Waals surface area contributed by atoms with Gasteiger partial charge in [-0.1, -0.05) is 37.6 Å². The number of benzene rings is 1. The van der Waals surface area contributed by atoms with E-state index in [0.29, 0.717) is 12.8 Å². The maximum Gasteiger partial charge on any atom is 0.225 e. The van der Waals surface area contributed by atoms with Crippen LogP contribution < -0.4 is 4.90 Å². The number of nitrogens with zero attached hydrogens (tertiary/aromatic N) is 2. The van der Waals surface area contributed by atoms with Crippen molar-refractivity contribution in [1.82, 2.24) is 4.90 Å². The average Bonchev–Trinajstić information content (AvgIpc) is 2.68. The lowest BCUT2D eigenvalue weighted by molar-refractivity contribution is -0.138. The number of carbonyl (C=O) groups is 1. The Morgan fingerprint density at radius 2 is 1.74 bits per heavy atom. The SMILES string of the molecule is C=C(C)c1ccc(N2CCC(O)(CC(=O)N3CCC(CC)CC3)CC2)cc1. The standard InChI is InChI=1S/C23H34N2O2/c1-4-19-9-13-25(14-10-19)22(26)17-23(27)11-15-24(16-12-23)21-7-5-20(6-8-21)18(2)3/h5-8,19,27H,2,4,9-17H2,1,3H3. The summed E-state index contributed by atoms with van der Waals surface area (Å²) in [6.45, 7) is 11.5. The van der Waals surface area contributed by atoms with Crippen LogP contribution in [0.4, 0.5) is 5.69 Å². The zero-order valence-electron chi connectivity index (χ0n) is 16.9. The second-order valence-electron chi connectivity index (χ2n) is 8.45. The van der Waals surface area contributed by atoms with Gasteiger partial charge in [0.25, 0.3) is 0 Å². The Morgan fingerprint density at radius 3 is 2.26 bits per heavy atom. The van der Waals surface area contributed by atoms with Crippen LogP contribution in [-0.4, -0.2) is 47.7 Å². The van der Waals surface area contributed by atoms with Crippen molar-refractivity contribution >= 4 is 17.2 Å². The summed E-state index contributed by atoms with van der Waals surface area (Å²) >= 11 is 0. The molecule has 2 heterocycles. The van der Waals surface area contributed by atoms with Gasteiger partial charge in [0.15, 0.2) is 0 Å². The number of rotatable bonds is 5. The van der Waals surface area contributed by atoms with E-state index in [2.05, 4.69) is 42.7 Å². The summed E-state index contributed by atoms with van der Waals surface area (Å²) in [5.74, 6) is 0.892.